The normalized spacial score (nSPS) is 18.4. The molecular formula is C21H25N5O. The van der Waals surface area contributed by atoms with E-state index in [1.54, 1.807) is 0 Å². The molecule has 0 amide bonds. The molecule has 4 heterocycles. The summed E-state index contributed by atoms with van der Waals surface area (Å²) in [6, 6.07) is 6.15. The molecule has 0 unspecified atom stereocenters. The number of nitrogens with zero attached hydrogens (tertiary/aromatic N) is 5. The molecule has 2 aromatic rings. The summed E-state index contributed by atoms with van der Waals surface area (Å²) in [5.41, 5.74) is 3.59. The van der Waals surface area contributed by atoms with Crippen LogP contribution in [0.25, 0.3) is 0 Å². The number of hydrogen-bond acceptors (Lipinski definition) is 6. The molecular weight excluding hydrogens is 338 g/mol. The number of piperidine rings is 1. The molecule has 0 atom stereocenters. The van der Waals surface area contributed by atoms with Gasteiger partial charge < -0.3 is 9.64 Å². The molecule has 0 saturated carbocycles. The molecule has 2 aromatic heterocycles. The Kier molecular flexibility index (Phi) is 4.56. The zero-order chi connectivity index (χ0) is 19.0. The van der Waals surface area contributed by atoms with Crippen LogP contribution in [0, 0.1) is 18.3 Å². The van der Waals surface area contributed by atoms with Gasteiger partial charge in [0.1, 0.15) is 23.3 Å². The SMILES string of the molecule is Cc1ncc2c(n1)C1(CCN(c3nc(C(C)C)ccc3C#N)CC1)OCC2. The summed E-state index contributed by atoms with van der Waals surface area (Å²) in [5, 5.41) is 9.52. The summed E-state index contributed by atoms with van der Waals surface area (Å²) in [4.78, 5) is 16.1. The number of anilines is 1. The van der Waals surface area contributed by atoms with Crippen molar-refractivity contribution in [3.8, 4) is 6.07 Å². The first-order chi connectivity index (χ1) is 13.0. The van der Waals surface area contributed by atoms with Gasteiger partial charge in [0.2, 0.25) is 0 Å². The van der Waals surface area contributed by atoms with Crippen molar-refractivity contribution in [1.82, 2.24) is 15.0 Å². The average molecular weight is 363 g/mol. The van der Waals surface area contributed by atoms with E-state index < -0.39 is 0 Å². The van der Waals surface area contributed by atoms with E-state index in [0.717, 1.165) is 55.4 Å². The second-order valence-corrected chi connectivity index (χ2v) is 7.74. The number of hydrogen-bond donors (Lipinski definition) is 0. The van der Waals surface area contributed by atoms with Crippen LogP contribution in [0.1, 0.15) is 60.9 Å². The molecule has 0 bridgehead atoms. The number of pyridine rings is 1. The van der Waals surface area contributed by atoms with Crippen molar-refractivity contribution >= 4 is 5.82 Å². The van der Waals surface area contributed by atoms with Crippen molar-refractivity contribution in [3.05, 3.63) is 46.7 Å². The van der Waals surface area contributed by atoms with E-state index in [1.807, 2.05) is 25.3 Å². The smallest absolute Gasteiger partial charge is 0.146 e. The van der Waals surface area contributed by atoms with E-state index in [-0.39, 0.29) is 5.60 Å². The van der Waals surface area contributed by atoms with Crippen LogP contribution in [0.3, 0.4) is 0 Å². The minimum absolute atomic E-state index is 0.333. The zero-order valence-corrected chi connectivity index (χ0v) is 16.2. The van der Waals surface area contributed by atoms with Gasteiger partial charge >= 0.3 is 0 Å². The van der Waals surface area contributed by atoms with Gasteiger partial charge in [-0.2, -0.15) is 5.26 Å². The molecule has 0 aromatic carbocycles. The van der Waals surface area contributed by atoms with Crippen LogP contribution in [0.2, 0.25) is 0 Å². The lowest BCUT2D eigenvalue weighted by molar-refractivity contribution is -0.0803. The Labute approximate surface area is 160 Å². The fourth-order valence-electron chi connectivity index (χ4n) is 4.07. The highest BCUT2D eigenvalue weighted by molar-refractivity contribution is 5.55. The van der Waals surface area contributed by atoms with E-state index in [4.69, 9.17) is 14.7 Å². The average Bonchev–Trinajstić information content (AvgIpc) is 2.69. The van der Waals surface area contributed by atoms with Gasteiger partial charge in [-0.05, 0) is 49.8 Å². The first kappa shape index (κ1) is 17.9. The minimum Gasteiger partial charge on any atom is -0.368 e. The Morgan fingerprint density at radius 2 is 2.00 bits per heavy atom. The Balaban J connectivity index is 1.62. The molecule has 1 spiro atoms. The Morgan fingerprint density at radius 1 is 1.22 bits per heavy atom. The molecule has 140 valence electrons. The van der Waals surface area contributed by atoms with Crippen molar-refractivity contribution in [2.24, 2.45) is 0 Å². The highest BCUT2D eigenvalue weighted by Crippen LogP contribution is 2.41. The van der Waals surface area contributed by atoms with Crippen molar-refractivity contribution in [3.63, 3.8) is 0 Å². The Morgan fingerprint density at radius 3 is 2.70 bits per heavy atom. The second-order valence-electron chi connectivity index (χ2n) is 7.74. The minimum atomic E-state index is -0.333. The second kappa shape index (κ2) is 6.90. The maximum atomic E-state index is 9.52. The van der Waals surface area contributed by atoms with Crippen LogP contribution in [0.4, 0.5) is 5.82 Å². The topological polar surface area (TPSA) is 74.9 Å². The first-order valence-corrected chi connectivity index (χ1v) is 9.65. The van der Waals surface area contributed by atoms with Gasteiger partial charge in [0.15, 0.2) is 0 Å². The lowest BCUT2D eigenvalue weighted by Crippen LogP contribution is -2.47. The van der Waals surface area contributed by atoms with Crippen LogP contribution in [-0.4, -0.2) is 34.6 Å². The van der Waals surface area contributed by atoms with Crippen LogP contribution in [0.15, 0.2) is 18.3 Å². The Bertz CT molecular complexity index is 894. The lowest BCUT2D eigenvalue weighted by Gasteiger charge is -2.44. The predicted molar refractivity (Wildman–Crippen MR) is 103 cm³/mol. The summed E-state index contributed by atoms with van der Waals surface area (Å²) in [5.74, 6) is 1.92. The molecule has 1 fully saturated rings. The summed E-state index contributed by atoms with van der Waals surface area (Å²) >= 11 is 0. The largest absolute Gasteiger partial charge is 0.368 e. The van der Waals surface area contributed by atoms with Crippen LogP contribution >= 0.6 is 0 Å². The fraction of sp³-hybridized carbons (Fsp3) is 0.524. The molecule has 0 N–H and O–H groups in total. The lowest BCUT2D eigenvalue weighted by atomic mass is 9.83. The van der Waals surface area contributed by atoms with Gasteiger partial charge in [0.25, 0.3) is 0 Å². The first-order valence-electron chi connectivity index (χ1n) is 9.65. The maximum absolute atomic E-state index is 9.52. The van der Waals surface area contributed by atoms with E-state index >= 15 is 0 Å². The summed E-state index contributed by atoms with van der Waals surface area (Å²) in [7, 11) is 0. The summed E-state index contributed by atoms with van der Waals surface area (Å²) in [6.07, 6.45) is 4.51. The molecule has 1 saturated heterocycles. The predicted octanol–water partition coefficient (Wildman–Crippen LogP) is 3.24. The molecule has 27 heavy (non-hydrogen) atoms. The monoisotopic (exact) mass is 363 g/mol. The van der Waals surface area contributed by atoms with Crippen molar-refractivity contribution < 1.29 is 4.74 Å². The van der Waals surface area contributed by atoms with E-state index in [2.05, 4.69) is 29.8 Å². The summed E-state index contributed by atoms with van der Waals surface area (Å²) < 4.78 is 6.29. The summed E-state index contributed by atoms with van der Waals surface area (Å²) in [6.45, 7) is 8.48. The third-order valence-electron chi connectivity index (χ3n) is 5.65. The number of nitriles is 1. The third kappa shape index (κ3) is 3.17. The van der Waals surface area contributed by atoms with Gasteiger partial charge in [-0.25, -0.2) is 15.0 Å². The number of fused-ring (bicyclic) bond motifs is 2. The molecule has 0 radical (unpaired) electrons. The Hall–Kier alpha value is -2.52. The van der Waals surface area contributed by atoms with Gasteiger partial charge in [-0.1, -0.05) is 13.8 Å². The third-order valence-corrected chi connectivity index (χ3v) is 5.65. The van der Waals surface area contributed by atoms with E-state index in [9.17, 15) is 5.26 Å². The van der Waals surface area contributed by atoms with Gasteiger partial charge in [-0.15, -0.1) is 0 Å². The highest BCUT2D eigenvalue weighted by Gasteiger charge is 2.43. The van der Waals surface area contributed by atoms with Gasteiger partial charge in [0.05, 0.1) is 17.9 Å². The fourth-order valence-corrected chi connectivity index (χ4v) is 4.07. The van der Waals surface area contributed by atoms with Crippen LogP contribution in [0.5, 0.6) is 0 Å². The van der Waals surface area contributed by atoms with Crippen molar-refractivity contribution in [1.29, 1.82) is 5.26 Å². The van der Waals surface area contributed by atoms with Crippen molar-refractivity contribution in [2.75, 3.05) is 24.6 Å². The highest BCUT2D eigenvalue weighted by atomic mass is 16.5. The molecule has 4 rings (SSSR count). The van der Waals surface area contributed by atoms with Gasteiger partial charge in [0, 0.05) is 25.0 Å². The maximum Gasteiger partial charge on any atom is 0.146 e. The zero-order valence-electron chi connectivity index (χ0n) is 16.2. The van der Waals surface area contributed by atoms with E-state index in [0.29, 0.717) is 18.1 Å². The molecule has 2 aliphatic rings. The standard InChI is InChI=1S/C21H25N5O/c1-14(2)18-5-4-16(12-22)20(25-18)26-9-7-21(8-10-26)19-17(6-11-27-21)13-23-15(3)24-19/h4-5,13-14H,6-11H2,1-3H3. The molecule has 6 nitrogen and oxygen atoms in total. The molecule has 0 aliphatic carbocycles. The van der Waals surface area contributed by atoms with Crippen LogP contribution < -0.4 is 4.90 Å². The van der Waals surface area contributed by atoms with E-state index in [1.165, 1.54) is 5.56 Å². The number of ether oxygens (including phenoxy) is 1. The van der Waals surface area contributed by atoms with Crippen molar-refractivity contribution in [2.45, 2.75) is 51.6 Å². The quantitative estimate of drug-likeness (QED) is 0.815. The number of rotatable bonds is 2. The molecule has 6 heteroatoms. The molecule has 2 aliphatic heterocycles. The van der Waals surface area contributed by atoms with Crippen LogP contribution in [-0.2, 0) is 16.8 Å². The number of aromatic nitrogens is 3. The number of aryl methyl sites for hydroxylation is 1. The van der Waals surface area contributed by atoms with Gasteiger partial charge in [-0.3, -0.25) is 0 Å².